The van der Waals surface area contributed by atoms with E-state index in [-0.39, 0.29) is 23.9 Å². The van der Waals surface area contributed by atoms with Gasteiger partial charge in [-0.25, -0.2) is 4.79 Å². The summed E-state index contributed by atoms with van der Waals surface area (Å²) in [4.78, 5) is 75.4. The number of ketones is 1. The van der Waals surface area contributed by atoms with Gasteiger partial charge in [0.05, 0.1) is 5.92 Å². The average molecular weight is 510 g/mol. The van der Waals surface area contributed by atoms with Crippen LogP contribution in [0.4, 0.5) is 4.79 Å². The zero-order valence-electron chi connectivity index (χ0n) is 21.0. The molecule has 12 heteroatoms. The van der Waals surface area contributed by atoms with E-state index in [2.05, 4.69) is 5.32 Å². The van der Waals surface area contributed by atoms with Gasteiger partial charge in [0.15, 0.2) is 29.0 Å². The molecular weight excluding hydrogens is 478 g/mol. The van der Waals surface area contributed by atoms with Crippen LogP contribution in [0.25, 0.3) is 0 Å². The second-order valence-electron chi connectivity index (χ2n) is 9.77. The van der Waals surface area contributed by atoms with Crippen molar-refractivity contribution in [3.05, 3.63) is 11.1 Å². The highest BCUT2D eigenvalue weighted by atomic mass is 16.6. The first-order chi connectivity index (χ1) is 16.7. The zero-order chi connectivity index (χ0) is 27.2. The van der Waals surface area contributed by atoms with Gasteiger partial charge in [-0.3, -0.25) is 19.2 Å². The summed E-state index contributed by atoms with van der Waals surface area (Å²) in [7, 11) is 1.29. The lowest BCUT2D eigenvalue weighted by atomic mass is 9.68. The molecule has 1 amide bonds. The Labute approximate surface area is 207 Å². The number of fused-ring (bicyclic) bond motifs is 3. The minimum atomic E-state index is -2.47. The summed E-state index contributed by atoms with van der Waals surface area (Å²) in [5.41, 5.74) is -6.34. The van der Waals surface area contributed by atoms with Crippen LogP contribution in [0.5, 0.6) is 0 Å². The molecule has 2 aliphatic carbocycles. The maximum Gasteiger partial charge on any atom is 0.407 e. The third kappa shape index (κ3) is 3.87. The Hall–Kier alpha value is -3.28. The Bertz CT molecular complexity index is 1050. The molecule has 3 rings (SSSR count). The lowest BCUT2D eigenvalue weighted by molar-refractivity contribution is -0.196. The second kappa shape index (κ2) is 9.30. The predicted octanol–water partition coefficient (Wildman–Crippen LogP) is 0.526. The molecule has 2 fully saturated rings. The molecule has 1 aliphatic heterocycles. The average Bonchev–Trinajstić information content (AvgIpc) is 3.13. The van der Waals surface area contributed by atoms with E-state index in [0.29, 0.717) is 6.42 Å². The molecule has 36 heavy (non-hydrogen) atoms. The molecule has 12 nitrogen and oxygen atoms in total. The minimum absolute atomic E-state index is 0.000751. The van der Waals surface area contributed by atoms with Gasteiger partial charge in [0.2, 0.25) is 0 Å². The smallest absolute Gasteiger partial charge is 0.407 e. The van der Waals surface area contributed by atoms with Crippen molar-refractivity contribution in [2.24, 2.45) is 11.3 Å². The summed E-state index contributed by atoms with van der Waals surface area (Å²) in [6.07, 6.45) is -5.50. The third-order valence-electron chi connectivity index (χ3n) is 7.38. The number of ether oxygens (including phenoxy) is 4. The number of Topliss-reactive ketones (excluding diaryl/α,β-unsaturated/α-hetero) is 1. The molecular formula is C24H31NO11. The Morgan fingerprint density at radius 3 is 2.39 bits per heavy atom. The number of aldehydes is 1. The number of carbonyl (C=O) groups excluding carboxylic acids is 6. The van der Waals surface area contributed by atoms with Crippen LogP contribution >= 0.6 is 0 Å². The van der Waals surface area contributed by atoms with E-state index in [9.17, 15) is 33.9 Å². The molecule has 1 saturated heterocycles. The molecule has 2 N–H and O–H groups in total. The normalized spacial score (nSPS) is 37.3. The summed E-state index contributed by atoms with van der Waals surface area (Å²) in [5, 5.41) is 14.4. The van der Waals surface area contributed by atoms with Gasteiger partial charge >= 0.3 is 24.0 Å². The molecule has 1 unspecified atom stereocenters. The standard InChI is InChI=1S/C24H31NO11/c1-7-8-14(28)33-13-9-23(5,36-12(3)27)16-15(11(2)17(29)18(16)34-21(31)25-6)19-24(13,32)22(4,10-26)20(30)35-19/h10,13,16,18-19,32H,7-9H2,1-6H3,(H,25,31)/t13-,16?,18-,19-,22+,23-,24+/m0/s1. The van der Waals surface area contributed by atoms with Crippen LogP contribution in [0, 0.1) is 11.3 Å². The molecule has 0 bridgehead atoms. The molecule has 0 radical (unpaired) electrons. The lowest BCUT2D eigenvalue weighted by Crippen LogP contribution is -2.61. The van der Waals surface area contributed by atoms with Crippen LogP contribution in [0.2, 0.25) is 0 Å². The fourth-order valence-corrected chi connectivity index (χ4v) is 5.55. The van der Waals surface area contributed by atoms with Crippen LogP contribution in [-0.4, -0.2) is 77.7 Å². The van der Waals surface area contributed by atoms with Crippen molar-refractivity contribution >= 4 is 36.1 Å². The number of carbonyl (C=O) groups is 6. The van der Waals surface area contributed by atoms with Crippen molar-refractivity contribution in [3.8, 4) is 0 Å². The van der Waals surface area contributed by atoms with Crippen molar-refractivity contribution in [2.75, 3.05) is 7.05 Å². The number of alkyl carbamates (subject to hydrolysis) is 1. The molecule has 0 aromatic carbocycles. The monoisotopic (exact) mass is 509 g/mol. The molecule has 3 aliphatic rings. The molecule has 7 atom stereocenters. The largest absolute Gasteiger partial charge is 0.459 e. The van der Waals surface area contributed by atoms with Gasteiger partial charge in [-0.2, -0.15) is 0 Å². The van der Waals surface area contributed by atoms with E-state index >= 15 is 0 Å². The van der Waals surface area contributed by atoms with Crippen LogP contribution < -0.4 is 5.32 Å². The lowest BCUT2D eigenvalue weighted by Gasteiger charge is -2.41. The SMILES string of the molecule is CCCC(=O)O[C@H]1C[C@](C)(OC(C)=O)C2C(=C(C)C(=O)[C@H]2OC(=O)NC)[C@@H]2OC(=O)[C@@](C)(C=O)[C@@]12O. The van der Waals surface area contributed by atoms with E-state index in [0.717, 1.165) is 13.8 Å². The predicted molar refractivity (Wildman–Crippen MR) is 119 cm³/mol. The number of hydrogen-bond acceptors (Lipinski definition) is 11. The van der Waals surface area contributed by atoms with Gasteiger partial charge in [-0.05, 0) is 38.3 Å². The van der Waals surface area contributed by atoms with Crippen molar-refractivity contribution < 1.29 is 52.8 Å². The van der Waals surface area contributed by atoms with Crippen LogP contribution in [0.1, 0.15) is 53.9 Å². The Balaban J connectivity index is 2.32. The van der Waals surface area contributed by atoms with Gasteiger partial charge in [0, 0.05) is 26.8 Å². The molecule has 1 heterocycles. The number of hydrogen-bond donors (Lipinski definition) is 2. The van der Waals surface area contributed by atoms with E-state index in [1.165, 1.54) is 20.9 Å². The molecule has 0 aromatic rings. The highest BCUT2D eigenvalue weighted by Gasteiger charge is 2.76. The third-order valence-corrected chi connectivity index (χ3v) is 7.38. The number of esters is 3. The first kappa shape index (κ1) is 27.3. The second-order valence-corrected chi connectivity index (χ2v) is 9.77. The first-order valence-electron chi connectivity index (χ1n) is 11.6. The number of nitrogens with one attached hydrogen (secondary N) is 1. The molecule has 1 saturated carbocycles. The first-order valence-corrected chi connectivity index (χ1v) is 11.6. The Morgan fingerprint density at radius 2 is 1.86 bits per heavy atom. The van der Waals surface area contributed by atoms with Crippen LogP contribution in [0.15, 0.2) is 11.1 Å². The minimum Gasteiger partial charge on any atom is -0.459 e. The summed E-state index contributed by atoms with van der Waals surface area (Å²) in [5.74, 6) is -4.45. The van der Waals surface area contributed by atoms with Crippen LogP contribution in [0.3, 0.4) is 0 Å². The maximum atomic E-state index is 13.3. The summed E-state index contributed by atoms with van der Waals surface area (Å²) < 4.78 is 22.1. The molecule has 0 aromatic heterocycles. The topological polar surface area (TPSA) is 172 Å². The van der Waals surface area contributed by atoms with E-state index < -0.39 is 77.1 Å². The summed E-state index contributed by atoms with van der Waals surface area (Å²) in [6, 6.07) is 0. The van der Waals surface area contributed by atoms with Gasteiger partial charge in [0.1, 0.15) is 18.0 Å². The van der Waals surface area contributed by atoms with Gasteiger partial charge in [0.25, 0.3) is 0 Å². The van der Waals surface area contributed by atoms with Crippen molar-refractivity contribution in [1.82, 2.24) is 5.32 Å². The number of rotatable bonds is 6. The van der Waals surface area contributed by atoms with Gasteiger partial charge in [-0.1, -0.05) is 6.92 Å². The van der Waals surface area contributed by atoms with Crippen LogP contribution in [-0.2, 0) is 42.9 Å². The fraction of sp³-hybridized carbons (Fsp3) is 0.667. The fourth-order valence-electron chi connectivity index (χ4n) is 5.55. The van der Waals surface area contributed by atoms with Crippen molar-refractivity contribution in [1.29, 1.82) is 0 Å². The van der Waals surface area contributed by atoms with E-state index in [1.807, 2.05) is 0 Å². The number of amides is 1. The van der Waals surface area contributed by atoms with Crippen molar-refractivity contribution in [2.45, 2.75) is 83.4 Å². The Morgan fingerprint density at radius 1 is 1.22 bits per heavy atom. The summed E-state index contributed by atoms with van der Waals surface area (Å²) in [6.45, 7) is 6.84. The molecule has 0 spiro atoms. The van der Waals surface area contributed by atoms with E-state index in [1.54, 1.807) is 6.92 Å². The van der Waals surface area contributed by atoms with Crippen molar-refractivity contribution in [3.63, 3.8) is 0 Å². The highest BCUT2D eigenvalue weighted by molar-refractivity contribution is 6.05. The van der Waals surface area contributed by atoms with Gasteiger partial charge < -0.3 is 34.2 Å². The maximum absolute atomic E-state index is 13.3. The summed E-state index contributed by atoms with van der Waals surface area (Å²) >= 11 is 0. The molecule has 198 valence electrons. The highest BCUT2D eigenvalue weighted by Crippen LogP contribution is 2.58. The quantitative estimate of drug-likeness (QED) is 0.221. The van der Waals surface area contributed by atoms with Gasteiger partial charge in [-0.15, -0.1) is 0 Å². The zero-order valence-corrected chi connectivity index (χ0v) is 21.0. The Kier molecular flexibility index (Phi) is 7.06. The number of aliphatic hydroxyl groups is 1. The van der Waals surface area contributed by atoms with E-state index in [4.69, 9.17) is 18.9 Å².